The normalized spacial score (nSPS) is 34.8. The molecule has 9 heteroatoms. The van der Waals surface area contributed by atoms with E-state index in [1.807, 2.05) is 25.2 Å². The molecule has 2 amide bonds. The number of amides is 2. The SMILES string of the molecule is CC[C@@]12/C=C\CCCOC(=O)[C@@H]1[C@H]1C(=O)N(CCCO)C3C(=O)N(c4ccccc4Cl)CC=C[C@@]31O2. The van der Waals surface area contributed by atoms with E-state index in [1.54, 1.807) is 35.2 Å². The van der Waals surface area contributed by atoms with Gasteiger partial charge in [-0.05, 0) is 37.8 Å². The maximum Gasteiger partial charge on any atom is 0.313 e. The minimum absolute atomic E-state index is 0.139. The van der Waals surface area contributed by atoms with Crippen molar-refractivity contribution in [3.63, 3.8) is 0 Å². The number of carbonyl (C=O) groups excluding carboxylic acids is 3. The van der Waals surface area contributed by atoms with Crippen molar-refractivity contribution in [2.45, 2.75) is 49.9 Å². The Morgan fingerprint density at radius 1 is 1.11 bits per heavy atom. The number of aliphatic hydroxyl groups excluding tert-OH is 1. The minimum Gasteiger partial charge on any atom is -0.465 e. The molecule has 4 heterocycles. The smallest absolute Gasteiger partial charge is 0.313 e. The number of rotatable bonds is 5. The molecular weight excluding hydrogens is 484 g/mol. The van der Waals surface area contributed by atoms with E-state index in [0.717, 1.165) is 6.42 Å². The Morgan fingerprint density at radius 2 is 1.92 bits per heavy atom. The van der Waals surface area contributed by atoms with Crippen LogP contribution in [0.4, 0.5) is 5.69 Å². The lowest BCUT2D eigenvalue weighted by Gasteiger charge is -2.38. The van der Waals surface area contributed by atoms with E-state index >= 15 is 0 Å². The fraction of sp³-hybridized carbons (Fsp3) is 0.519. The van der Waals surface area contributed by atoms with Crippen LogP contribution in [0.3, 0.4) is 0 Å². The van der Waals surface area contributed by atoms with Gasteiger partial charge in [-0.3, -0.25) is 14.4 Å². The van der Waals surface area contributed by atoms with Crippen molar-refractivity contribution < 1.29 is 29.0 Å². The summed E-state index contributed by atoms with van der Waals surface area (Å²) in [6.45, 7) is 2.44. The van der Waals surface area contributed by atoms with E-state index < -0.39 is 35.0 Å². The third kappa shape index (κ3) is 3.69. The number of fused-ring (bicyclic) bond motifs is 2. The molecule has 5 rings (SSSR count). The van der Waals surface area contributed by atoms with Gasteiger partial charge in [0.2, 0.25) is 5.91 Å². The summed E-state index contributed by atoms with van der Waals surface area (Å²) in [7, 11) is 0. The first-order valence-corrected chi connectivity index (χ1v) is 13.0. The number of hydrogen-bond acceptors (Lipinski definition) is 6. The second kappa shape index (κ2) is 9.65. The summed E-state index contributed by atoms with van der Waals surface area (Å²) < 4.78 is 12.5. The molecule has 0 aromatic heterocycles. The summed E-state index contributed by atoms with van der Waals surface area (Å²) >= 11 is 6.46. The summed E-state index contributed by atoms with van der Waals surface area (Å²) in [4.78, 5) is 44.8. The van der Waals surface area contributed by atoms with Crippen molar-refractivity contribution in [3.8, 4) is 0 Å². The lowest BCUT2D eigenvalue weighted by atomic mass is 9.73. The van der Waals surface area contributed by atoms with Crippen molar-refractivity contribution in [2.24, 2.45) is 11.8 Å². The number of esters is 1. The van der Waals surface area contributed by atoms with Crippen LogP contribution in [0.25, 0.3) is 0 Å². The first kappa shape index (κ1) is 25.0. The quantitative estimate of drug-likeness (QED) is 0.479. The van der Waals surface area contributed by atoms with Crippen LogP contribution in [0.15, 0.2) is 48.6 Å². The van der Waals surface area contributed by atoms with Crippen molar-refractivity contribution in [2.75, 3.05) is 31.2 Å². The number of benzene rings is 1. The first-order chi connectivity index (χ1) is 17.4. The first-order valence-electron chi connectivity index (χ1n) is 12.6. The summed E-state index contributed by atoms with van der Waals surface area (Å²) in [6.07, 6.45) is 9.64. The van der Waals surface area contributed by atoms with E-state index in [9.17, 15) is 19.5 Å². The molecule has 0 radical (unpaired) electrons. The molecule has 1 aromatic carbocycles. The number of hydrogen-bond donors (Lipinski definition) is 1. The van der Waals surface area contributed by atoms with Crippen LogP contribution in [0.1, 0.15) is 32.6 Å². The number of carbonyl (C=O) groups is 3. The summed E-state index contributed by atoms with van der Waals surface area (Å²) in [5, 5.41) is 9.94. The van der Waals surface area contributed by atoms with Gasteiger partial charge >= 0.3 is 5.97 Å². The molecule has 1 unspecified atom stereocenters. The van der Waals surface area contributed by atoms with Crippen LogP contribution in [0.2, 0.25) is 5.02 Å². The van der Waals surface area contributed by atoms with Gasteiger partial charge in [0, 0.05) is 19.7 Å². The molecule has 4 aliphatic heterocycles. The Hall–Kier alpha value is -2.68. The Morgan fingerprint density at radius 3 is 2.67 bits per heavy atom. The van der Waals surface area contributed by atoms with Crippen LogP contribution in [0, 0.1) is 11.8 Å². The molecule has 0 saturated carbocycles. The molecule has 5 atom stereocenters. The fourth-order valence-corrected chi connectivity index (χ4v) is 6.48. The lowest BCUT2D eigenvalue weighted by molar-refractivity contribution is -0.159. The van der Waals surface area contributed by atoms with Gasteiger partial charge in [-0.1, -0.05) is 55.0 Å². The number of para-hydroxylation sites is 1. The number of aliphatic hydroxyl groups is 1. The number of likely N-dealkylation sites (tertiary alicyclic amines) is 1. The molecule has 1 aromatic rings. The summed E-state index contributed by atoms with van der Waals surface area (Å²) in [5.41, 5.74) is -1.90. The van der Waals surface area contributed by atoms with Gasteiger partial charge in [-0.25, -0.2) is 0 Å². The third-order valence-electron chi connectivity index (χ3n) is 7.83. The molecule has 192 valence electrons. The van der Waals surface area contributed by atoms with Crippen LogP contribution >= 0.6 is 11.6 Å². The molecule has 2 fully saturated rings. The van der Waals surface area contributed by atoms with Crippen LogP contribution in [-0.4, -0.2) is 71.3 Å². The predicted molar refractivity (Wildman–Crippen MR) is 133 cm³/mol. The van der Waals surface area contributed by atoms with Crippen molar-refractivity contribution in [1.82, 2.24) is 4.90 Å². The number of ether oxygens (including phenoxy) is 2. The predicted octanol–water partition coefficient (Wildman–Crippen LogP) is 2.88. The van der Waals surface area contributed by atoms with E-state index in [1.165, 1.54) is 4.90 Å². The second-order valence-corrected chi connectivity index (χ2v) is 10.2. The molecule has 1 N–H and O–H groups in total. The van der Waals surface area contributed by atoms with Gasteiger partial charge in [-0.2, -0.15) is 0 Å². The molecule has 1 spiro atoms. The molecule has 36 heavy (non-hydrogen) atoms. The van der Waals surface area contributed by atoms with Crippen LogP contribution < -0.4 is 4.90 Å². The zero-order valence-corrected chi connectivity index (χ0v) is 21.0. The zero-order valence-electron chi connectivity index (χ0n) is 20.3. The summed E-state index contributed by atoms with van der Waals surface area (Å²) in [5.74, 6) is -2.97. The number of cyclic esters (lactones) is 1. The average Bonchev–Trinajstić information content (AvgIpc) is 3.25. The van der Waals surface area contributed by atoms with E-state index in [4.69, 9.17) is 21.1 Å². The third-order valence-corrected chi connectivity index (χ3v) is 8.15. The molecule has 2 saturated heterocycles. The van der Waals surface area contributed by atoms with Gasteiger partial charge in [0.05, 0.1) is 23.2 Å². The number of nitrogens with zero attached hydrogens (tertiary/aromatic N) is 2. The molecular formula is C27H31ClN2O6. The van der Waals surface area contributed by atoms with Gasteiger partial charge in [0.1, 0.15) is 23.2 Å². The van der Waals surface area contributed by atoms with Crippen molar-refractivity contribution in [3.05, 3.63) is 53.6 Å². The standard InChI is InChI=1S/C27H31ClN2O6/c1-2-26-12-6-3-7-17-35-25(34)21(26)20-23(32)30(15-9-16-31)22-24(33)29(14-8-13-27(20,22)36-26)19-11-5-4-10-18(19)28/h4-6,8,10-13,20-22,31H,2-3,7,9,14-17H2,1H3/b12-6-/t20-,21-,22?,26+,27-/m0/s1. The van der Waals surface area contributed by atoms with E-state index in [0.29, 0.717) is 30.0 Å². The highest BCUT2D eigenvalue weighted by molar-refractivity contribution is 6.34. The Bertz CT molecular complexity index is 1120. The van der Waals surface area contributed by atoms with Crippen molar-refractivity contribution in [1.29, 1.82) is 0 Å². The fourth-order valence-electron chi connectivity index (χ4n) is 6.24. The van der Waals surface area contributed by atoms with Gasteiger partial charge in [0.15, 0.2) is 0 Å². The van der Waals surface area contributed by atoms with E-state index in [-0.39, 0.29) is 38.1 Å². The average molecular weight is 515 g/mol. The van der Waals surface area contributed by atoms with Crippen molar-refractivity contribution >= 4 is 35.1 Å². The largest absolute Gasteiger partial charge is 0.465 e. The van der Waals surface area contributed by atoms with Gasteiger partial charge in [-0.15, -0.1) is 0 Å². The van der Waals surface area contributed by atoms with E-state index in [2.05, 4.69) is 0 Å². The number of anilines is 1. The number of halogens is 1. The molecule has 0 aliphatic carbocycles. The lowest BCUT2D eigenvalue weighted by Crippen LogP contribution is -2.56. The Labute approximate surface area is 215 Å². The van der Waals surface area contributed by atoms with Gasteiger partial charge in [0.25, 0.3) is 5.91 Å². The maximum atomic E-state index is 14.3. The Balaban J connectivity index is 1.67. The highest BCUT2D eigenvalue weighted by Crippen LogP contribution is 2.58. The highest BCUT2D eigenvalue weighted by Gasteiger charge is 2.75. The molecule has 0 bridgehead atoms. The monoisotopic (exact) mass is 514 g/mol. The summed E-state index contributed by atoms with van der Waals surface area (Å²) in [6, 6.07) is 6.05. The van der Waals surface area contributed by atoms with Gasteiger partial charge < -0.3 is 24.4 Å². The highest BCUT2D eigenvalue weighted by atomic mass is 35.5. The molecule has 8 nitrogen and oxygen atoms in total. The minimum atomic E-state index is -1.36. The van der Waals surface area contributed by atoms with Crippen LogP contribution in [-0.2, 0) is 23.9 Å². The molecule has 4 aliphatic rings. The topological polar surface area (TPSA) is 96.4 Å². The maximum absolute atomic E-state index is 14.3. The van der Waals surface area contributed by atoms with Crippen LogP contribution in [0.5, 0.6) is 0 Å². The second-order valence-electron chi connectivity index (χ2n) is 9.75. The zero-order chi connectivity index (χ0) is 25.5. The Kier molecular flexibility index (Phi) is 6.70. The number of allylic oxidation sites excluding steroid dienone is 1.